The van der Waals surface area contributed by atoms with Gasteiger partial charge in [0, 0.05) is 18.7 Å². The van der Waals surface area contributed by atoms with Crippen molar-refractivity contribution in [3.8, 4) is 0 Å². The first kappa shape index (κ1) is 23.7. The van der Waals surface area contributed by atoms with E-state index in [1.807, 2.05) is 13.8 Å². The van der Waals surface area contributed by atoms with Gasteiger partial charge in [-0.15, -0.1) is 0 Å². The van der Waals surface area contributed by atoms with Crippen LogP contribution in [0.2, 0.25) is 0 Å². The predicted molar refractivity (Wildman–Crippen MR) is 97.2 cm³/mol. The molecule has 0 saturated carbocycles. The summed E-state index contributed by atoms with van der Waals surface area (Å²) < 4.78 is 66.1. The third-order valence-electron chi connectivity index (χ3n) is 3.71. The third kappa shape index (κ3) is 6.39. The number of hydrogen-bond acceptors (Lipinski definition) is 5. The van der Waals surface area contributed by atoms with E-state index in [0.717, 1.165) is 6.07 Å². The van der Waals surface area contributed by atoms with Crippen molar-refractivity contribution in [2.45, 2.75) is 32.7 Å². The minimum absolute atomic E-state index is 0.00257. The van der Waals surface area contributed by atoms with Gasteiger partial charge in [0.25, 0.3) is 5.91 Å². The molecular weight excluding hydrogens is 401 g/mol. The second kappa shape index (κ2) is 9.26. The highest BCUT2D eigenvalue weighted by Crippen LogP contribution is 2.27. The first-order valence-electron chi connectivity index (χ1n) is 8.34. The molecule has 0 spiro atoms. The number of halogens is 3. The number of alkyl halides is 3. The number of esters is 1. The average Bonchev–Trinajstić information content (AvgIpc) is 2.57. The van der Waals surface area contributed by atoms with Gasteiger partial charge in [0.15, 0.2) is 0 Å². The van der Waals surface area contributed by atoms with Crippen LogP contribution in [-0.4, -0.2) is 50.9 Å². The Hall–Kier alpha value is -2.30. The number of aryl methyl sites for hydroxylation is 1. The van der Waals surface area contributed by atoms with Gasteiger partial charge >= 0.3 is 21.5 Å². The largest absolute Gasteiger partial charge is 0.516 e. The van der Waals surface area contributed by atoms with Gasteiger partial charge in [0.05, 0.1) is 19.2 Å². The molecule has 0 aliphatic carbocycles. The minimum atomic E-state index is -5.56. The van der Waals surface area contributed by atoms with Crippen LogP contribution >= 0.6 is 0 Å². The second-order valence-corrected chi connectivity index (χ2v) is 8.23. The molecule has 0 heterocycles. The van der Waals surface area contributed by atoms with E-state index in [4.69, 9.17) is 0 Å². The quantitative estimate of drug-likeness (QED) is 0.648. The van der Waals surface area contributed by atoms with E-state index in [2.05, 4.69) is 4.74 Å². The van der Waals surface area contributed by atoms with Crippen LogP contribution in [0.3, 0.4) is 0 Å². The smallest absolute Gasteiger partial charge is 0.469 e. The van der Waals surface area contributed by atoms with Crippen LogP contribution in [0.25, 0.3) is 0 Å². The molecule has 0 unspecified atom stereocenters. The molecule has 1 rings (SSSR count). The van der Waals surface area contributed by atoms with E-state index in [1.165, 1.54) is 35.8 Å². The van der Waals surface area contributed by atoms with E-state index >= 15 is 0 Å². The highest BCUT2D eigenvalue weighted by molar-refractivity contribution is 7.93. The van der Waals surface area contributed by atoms with Gasteiger partial charge in [-0.05, 0) is 36.6 Å². The average molecular weight is 424 g/mol. The first-order valence-corrected chi connectivity index (χ1v) is 9.82. The summed E-state index contributed by atoms with van der Waals surface area (Å²) in [6.07, 6.45) is -0.00257. The third-order valence-corrected chi connectivity index (χ3v) is 4.81. The summed E-state index contributed by atoms with van der Waals surface area (Å²) >= 11 is 0. The highest BCUT2D eigenvalue weighted by atomic mass is 32.2. The standard InChI is InChI=1S/C17H23F3N2O5S/c1-11(2)10-22(8-7-15(23)27-4)16(24)13-5-6-14(12(3)9-13)21-28(25,26)17(18,19)20/h5-6,9,11,21H,7-8,10H2,1-4H3. The molecule has 1 aromatic rings. The summed E-state index contributed by atoms with van der Waals surface area (Å²) in [7, 11) is -4.32. The number of methoxy groups -OCH3 is 1. The molecule has 0 bridgehead atoms. The summed E-state index contributed by atoms with van der Waals surface area (Å²) in [4.78, 5) is 25.5. The van der Waals surface area contributed by atoms with Crippen molar-refractivity contribution in [3.63, 3.8) is 0 Å². The molecule has 0 aliphatic heterocycles. The first-order chi connectivity index (χ1) is 12.8. The molecule has 0 aliphatic rings. The van der Waals surface area contributed by atoms with Crippen LogP contribution < -0.4 is 4.72 Å². The number of nitrogens with zero attached hydrogens (tertiary/aromatic N) is 1. The van der Waals surface area contributed by atoms with Crippen LogP contribution in [0, 0.1) is 12.8 Å². The van der Waals surface area contributed by atoms with Gasteiger partial charge in [-0.3, -0.25) is 14.3 Å². The van der Waals surface area contributed by atoms with Gasteiger partial charge < -0.3 is 9.64 Å². The number of benzene rings is 1. The minimum Gasteiger partial charge on any atom is -0.469 e. The molecule has 0 fully saturated rings. The Morgan fingerprint density at radius 3 is 2.32 bits per heavy atom. The van der Waals surface area contributed by atoms with Crippen LogP contribution in [-0.2, 0) is 19.6 Å². The normalized spacial score (nSPS) is 12.0. The number of carbonyl (C=O) groups is 2. The molecule has 0 radical (unpaired) electrons. The predicted octanol–water partition coefficient (Wildman–Crippen LogP) is 2.92. The van der Waals surface area contributed by atoms with Crippen LogP contribution in [0.15, 0.2) is 18.2 Å². The van der Waals surface area contributed by atoms with Crippen molar-refractivity contribution >= 4 is 27.6 Å². The van der Waals surface area contributed by atoms with E-state index in [9.17, 15) is 31.2 Å². The van der Waals surface area contributed by atoms with Crippen LogP contribution in [0.1, 0.15) is 36.2 Å². The van der Waals surface area contributed by atoms with Crippen LogP contribution in [0.4, 0.5) is 18.9 Å². The van der Waals surface area contributed by atoms with Crippen molar-refractivity contribution in [3.05, 3.63) is 29.3 Å². The molecular formula is C17H23F3N2O5S. The summed E-state index contributed by atoms with van der Waals surface area (Å²) in [6, 6.07) is 3.62. The maximum absolute atomic E-state index is 12.7. The Balaban J connectivity index is 3.06. The summed E-state index contributed by atoms with van der Waals surface area (Å²) in [5.74, 6) is -0.791. The fourth-order valence-electron chi connectivity index (χ4n) is 2.34. The zero-order chi connectivity index (χ0) is 21.7. The highest BCUT2D eigenvalue weighted by Gasteiger charge is 2.46. The molecule has 1 aromatic carbocycles. The van der Waals surface area contributed by atoms with E-state index in [-0.39, 0.29) is 35.7 Å². The van der Waals surface area contributed by atoms with Gasteiger partial charge in [0.2, 0.25) is 0 Å². The molecule has 0 saturated heterocycles. The Kier molecular flexibility index (Phi) is 7.85. The number of anilines is 1. The van der Waals surface area contributed by atoms with Gasteiger partial charge in [-0.25, -0.2) is 0 Å². The monoisotopic (exact) mass is 424 g/mol. The number of hydrogen-bond donors (Lipinski definition) is 1. The molecule has 1 amide bonds. The zero-order valence-electron chi connectivity index (χ0n) is 16.0. The van der Waals surface area contributed by atoms with Crippen molar-refractivity contribution < 1.29 is 35.9 Å². The summed E-state index contributed by atoms with van der Waals surface area (Å²) in [6.45, 7) is 5.63. The van der Waals surface area contributed by atoms with Crippen molar-refractivity contribution in [2.75, 3.05) is 24.9 Å². The summed E-state index contributed by atoms with van der Waals surface area (Å²) in [5.41, 5.74) is -5.41. The zero-order valence-corrected chi connectivity index (χ0v) is 16.8. The van der Waals surface area contributed by atoms with E-state index < -0.39 is 27.4 Å². The van der Waals surface area contributed by atoms with Crippen molar-refractivity contribution in [1.29, 1.82) is 0 Å². The molecule has 1 N–H and O–H groups in total. The van der Waals surface area contributed by atoms with Crippen LogP contribution in [0.5, 0.6) is 0 Å². The number of amides is 1. The molecule has 158 valence electrons. The SMILES string of the molecule is COC(=O)CCN(CC(C)C)C(=O)c1ccc(NS(=O)(=O)C(F)(F)F)c(C)c1. The maximum Gasteiger partial charge on any atom is 0.516 e. The Morgan fingerprint density at radius 2 is 1.86 bits per heavy atom. The number of rotatable bonds is 8. The Labute approximate surface area is 161 Å². The molecule has 7 nitrogen and oxygen atoms in total. The summed E-state index contributed by atoms with van der Waals surface area (Å²) in [5, 5.41) is 0. The van der Waals surface area contributed by atoms with Gasteiger partial charge in [0.1, 0.15) is 0 Å². The molecule has 0 atom stereocenters. The topological polar surface area (TPSA) is 92.8 Å². The fourth-order valence-corrected chi connectivity index (χ4v) is 2.98. The maximum atomic E-state index is 12.7. The van der Waals surface area contributed by atoms with E-state index in [1.54, 1.807) is 0 Å². The number of carbonyl (C=O) groups excluding carboxylic acids is 2. The van der Waals surface area contributed by atoms with Gasteiger partial charge in [-0.2, -0.15) is 21.6 Å². The lowest BCUT2D eigenvalue weighted by Gasteiger charge is -2.24. The Bertz CT molecular complexity index is 823. The second-order valence-electron chi connectivity index (χ2n) is 6.55. The molecule has 11 heteroatoms. The Morgan fingerprint density at radius 1 is 1.25 bits per heavy atom. The van der Waals surface area contributed by atoms with Crippen molar-refractivity contribution in [1.82, 2.24) is 4.90 Å². The molecule has 28 heavy (non-hydrogen) atoms. The number of nitrogens with one attached hydrogen (secondary N) is 1. The lowest BCUT2D eigenvalue weighted by atomic mass is 10.1. The number of sulfonamides is 1. The lowest BCUT2D eigenvalue weighted by Crippen LogP contribution is -2.36. The lowest BCUT2D eigenvalue weighted by molar-refractivity contribution is -0.140. The van der Waals surface area contributed by atoms with Gasteiger partial charge in [-0.1, -0.05) is 13.8 Å². The van der Waals surface area contributed by atoms with Crippen molar-refractivity contribution in [2.24, 2.45) is 5.92 Å². The van der Waals surface area contributed by atoms with E-state index in [0.29, 0.717) is 6.54 Å². The fraction of sp³-hybridized carbons (Fsp3) is 0.529. The molecule has 0 aromatic heterocycles. The number of ether oxygens (including phenoxy) is 1.